The lowest BCUT2D eigenvalue weighted by atomic mass is 10.4. The van der Waals surface area contributed by atoms with Crippen molar-refractivity contribution in [3.63, 3.8) is 0 Å². The molecule has 0 atom stereocenters. The average Bonchev–Trinajstić information content (AvgIpc) is 2.82. The second-order valence-electron chi connectivity index (χ2n) is 3.75. The van der Waals surface area contributed by atoms with Crippen molar-refractivity contribution in [1.29, 1.82) is 0 Å². The molecule has 0 aliphatic rings. The van der Waals surface area contributed by atoms with Crippen LogP contribution >= 0.6 is 0 Å². The molecule has 3 heterocycles. The van der Waals surface area contributed by atoms with Crippen molar-refractivity contribution in [3.8, 4) is 0 Å². The number of nitrogens with one attached hydrogen (secondary N) is 1. The van der Waals surface area contributed by atoms with Gasteiger partial charge in [0.15, 0.2) is 5.65 Å². The van der Waals surface area contributed by atoms with E-state index >= 15 is 0 Å². The second kappa shape index (κ2) is 4.36. The quantitative estimate of drug-likeness (QED) is 0.729. The Balaban J connectivity index is 1.81. The van der Waals surface area contributed by atoms with Crippen LogP contribution in [0.25, 0.3) is 11.2 Å². The SMILES string of the molecule is Cn1ncnc1CNc1ccc2nccnc2n1. The molecule has 0 aliphatic carbocycles. The molecule has 0 bridgehead atoms. The topological polar surface area (TPSA) is 81.4 Å². The van der Waals surface area contributed by atoms with Gasteiger partial charge in [0.1, 0.15) is 23.5 Å². The Morgan fingerprint density at radius 3 is 2.89 bits per heavy atom. The normalized spacial score (nSPS) is 10.7. The van der Waals surface area contributed by atoms with Gasteiger partial charge in [0.2, 0.25) is 0 Å². The Morgan fingerprint density at radius 1 is 1.17 bits per heavy atom. The third-order valence-electron chi connectivity index (χ3n) is 2.56. The molecule has 7 nitrogen and oxygen atoms in total. The summed E-state index contributed by atoms with van der Waals surface area (Å²) in [6, 6.07) is 3.75. The smallest absolute Gasteiger partial charge is 0.180 e. The van der Waals surface area contributed by atoms with Gasteiger partial charge in [-0.05, 0) is 12.1 Å². The Labute approximate surface area is 103 Å². The molecule has 0 fully saturated rings. The molecule has 0 amide bonds. The molecular formula is C11H11N7. The molecule has 3 aromatic heterocycles. The number of anilines is 1. The first-order valence-corrected chi connectivity index (χ1v) is 5.47. The van der Waals surface area contributed by atoms with E-state index in [9.17, 15) is 0 Å². The van der Waals surface area contributed by atoms with Gasteiger partial charge in [0, 0.05) is 19.4 Å². The van der Waals surface area contributed by atoms with Gasteiger partial charge in [-0.25, -0.2) is 15.0 Å². The van der Waals surface area contributed by atoms with Gasteiger partial charge in [-0.3, -0.25) is 9.67 Å². The van der Waals surface area contributed by atoms with Crippen LogP contribution in [0.2, 0.25) is 0 Å². The van der Waals surface area contributed by atoms with Crippen LogP contribution in [-0.2, 0) is 13.6 Å². The number of nitrogens with zero attached hydrogens (tertiary/aromatic N) is 6. The summed E-state index contributed by atoms with van der Waals surface area (Å²) >= 11 is 0. The molecular weight excluding hydrogens is 230 g/mol. The highest BCUT2D eigenvalue weighted by atomic mass is 15.3. The van der Waals surface area contributed by atoms with E-state index in [0.29, 0.717) is 12.2 Å². The first-order valence-electron chi connectivity index (χ1n) is 5.47. The van der Waals surface area contributed by atoms with Crippen molar-refractivity contribution in [3.05, 3.63) is 36.7 Å². The van der Waals surface area contributed by atoms with Gasteiger partial charge in [0.25, 0.3) is 0 Å². The molecule has 0 aliphatic heterocycles. The van der Waals surface area contributed by atoms with Crippen LogP contribution in [0.15, 0.2) is 30.9 Å². The Bertz CT molecular complexity index is 676. The molecule has 0 aromatic carbocycles. The van der Waals surface area contributed by atoms with Gasteiger partial charge < -0.3 is 5.32 Å². The van der Waals surface area contributed by atoms with E-state index in [1.165, 1.54) is 6.33 Å². The molecule has 0 saturated heterocycles. The number of hydrogen-bond donors (Lipinski definition) is 1. The second-order valence-corrected chi connectivity index (χ2v) is 3.75. The summed E-state index contributed by atoms with van der Waals surface area (Å²) < 4.78 is 1.72. The Morgan fingerprint density at radius 2 is 2.06 bits per heavy atom. The molecule has 0 saturated carbocycles. The molecule has 90 valence electrons. The van der Waals surface area contributed by atoms with Crippen molar-refractivity contribution in [2.24, 2.45) is 7.05 Å². The largest absolute Gasteiger partial charge is 0.363 e. The van der Waals surface area contributed by atoms with Crippen LogP contribution in [0, 0.1) is 0 Å². The van der Waals surface area contributed by atoms with Crippen molar-refractivity contribution in [1.82, 2.24) is 29.7 Å². The maximum absolute atomic E-state index is 4.36. The lowest BCUT2D eigenvalue weighted by Gasteiger charge is -2.05. The Hall–Kier alpha value is -2.57. The van der Waals surface area contributed by atoms with Crippen LogP contribution in [0.3, 0.4) is 0 Å². The van der Waals surface area contributed by atoms with Crippen LogP contribution in [0.4, 0.5) is 5.82 Å². The lowest BCUT2D eigenvalue weighted by Crippen LogP contribution is -2.07. The molecule has 7 heteroatoms. The monoisotopic (exact) mass is 241 g/mol. The summed E-state index contributed by atoms with van der Waals surface area (Å²) in [4.78, 5) is 16.8. The maximum Gasteiger partial charge on any atom is 0.180 e. The highest BCUT2D eigenvalue weighted by Gasteiger charge is 2.02. The number of aromatic nitrogens is 6. The van der Waals surface area contributed by atoms with Crippen LogP contribution in [0.5, 0.6) is 0 Å². The minimum absolute atomic E-state index is 0.565. The van der Waals surface area contributed by atoms with Crippen LogP contribution in [0.1, 0.15) is 5.82 Å². The number of fused-ring (bicyclic) bond motifs is 1. The standard InChI is InChI=1S/C11H11N7/c1-18-10(15-7-16-18)6-14-9-3-2-8-11(17-9)13-5-4-12-8/h2-5,7H,6H2,1H3,(H,13,14,17). The number of hydrogen-bond acceptors (Lipinski definition) is 6. The Kier molecular flexibility index (Phi) is 2.56. The fraction of sp³-hybridized carbons (Fsp3) is 0.182. The summed E-state index contributed by atoms with van der Waals surface area (Å²) in [5, 5.41) is 7.18. The highest BCUT2D eigenvalue weighted by molar-refractivity contribution is 5.71. The van der Waals surface area contributed by atoms with E-state index in [2.05, 4.69) is 30.4 Å². The van der Waals surface area contributed by atoms with Crippen molar-refractivity contribution >= 4 is 17.0 Å². The van der Waals surface area contributed by atoms with Gasteiger partial charge in [0.05, 0.1) is 6.54 Å². The minimum Gasteiger partial charge on any atom is -0.363 e. The third kappa shape index (κ3) is 1.97. The zero-order chi connectivity index (χ0) is 12.4. The zero-order valence-electron chi connectivity index (χ0n) is 9.78. The van der Waals surface area contributed by atoms with E-state index in [1.54, 1.807) is 17.1 Å². The molecule has 3 rings (SSSR count). The lowest BCUT2D eigenvalue weighted by molar-refractivity contribution is 0.711. The van der Waals surface area contributed by atoms with Gasteiger partial charge in [-0.15, -0.1) is 0 Å². The summed E-state index contributed by atoms with van der Waals surface area (Å²) in [5.41, 5.74) is 1.40. The average molecular weight is 241 g/mol. The molecule has 18 heavy (non-hydrogen) atoms. The van der Waals surface area contributed by atoms with E-state index < -0.39 is 0 Å². The van der Waals surface area contributed by atoms with Crippen LogP contribution in [-0.4, -0.2) is 29.7 Å². The number of aryl methyl sites for hydroxylation is 1. The van der Waals surface area contributed by atoms with Gasteiger partial charge in [-0.1, -0.05) is 0 Å². The fourth-order valence-electron chi connectivity index (χ4n) is 1.60. The molecule has 1 N–H and O–H groups in total. The van der Waals surface area contributed by atoms with E-state index in [0.717, 1.165) is 17.2 Å². The molecule has 0 radical (unpaired) electrons. The summed E-state index contributed by atoms with van der Waals surface area (Å²) in [6.45, 7) is 0.565. The number of rotatable bonds is 3. The maximum atomic E-state index is 4.36. The summed E-state index contributed by atoms with van der Waals surface area (Å²) in [7, 11) is 1.85. The van der Waals surface area contributed by atoms with Gasteiger partial charge >= 0.3 is 0 Å². The van der Waals surface area contributed by atoms with Crippen molar-refractivity contribution in [2.45, 2.75) is 6.54 Å². The zero-order valence-corrected chi connectivity index (χ0v) is 9.78. The van der Waals surface area contributed by atoms with Crippen molar-refractivity contribution < 1.29 is 0 Å². The van der Waals surface area contributed by atoms with Crippen LogP contribution < -0.4 is 5.32 Å². The number of pyridine rings is 1. The summed E-state index contributed by atoms with van der Waals surface area (Å²) in [6.07, 6.45) is 4.80. The van der Waals surface area contributed by atoms with E-state index in [4.69, 9.17) is 0 Å². The molecule has 0 spiro atoms. The van der Waals surface area contributed by atoms with E-state index in [1.807, 2.05) is 19.2 Å². The molecule has 3 aromatic rings. The van der Waals surface area contributed by atoms with Crippen molar-refractivity contribution in [2.75, 3.05) is 5.32 Å². The first kappa shape index (κ1) is 10.6. The minimum atomic E-state index is 0.565. The molecule has 0 unspecified atom stereocenters. The predicted molar refractivity (Wildman–Crippen MR) is 65.7 cm³/mol. The predicted octanol–water partition coefficient (Wildman–Crippen LogP) is 0.765. The summed E-state index contributed by atoms with van der Waals surface area (Å²) in [5.74, 6) is 1.59. The highest BCUT2D eigenvalue weighted by Crippen LogP contribution is 2.10. The third-order valence-corrected chi connectivity index (χ3v) is 2.56. The first-order chi connectivity index (χ1) is 8.83. The van der Waals surface area contributed by atoms with Gasteiger partial charge in [-0.2, -0.15) is 5.10 Å². The van der Waals surface area contributed by atoms with E-state index in [-0.39, 0.29) is 0 Å². The fourth-order valence-corrected chi connectivity index (χ4v) is 1.60.